The van der Waals surface area contributed by atoms with Gasteiger partial charge in [-0.1, -0.05) is 24.3 Å². The lowest BCUT2D eigenvalue weighted by Gasteiger charge is -2.38. The molecule has 1 aromatic heterocycles. The number of hydrogen-bond acceptors (Lipinski definition) is 6. The number of rotatable bonds is 4. The Labute approximate surface area is 197 Å². The van der Waals surface area contributed by atoms with E-state index in [1.165, 1.54) is 5.69 Å². The minimum absolute atomic E-state index is 0.333. The van der Waals surface area contributed by atoms with E-state index in [0.29, 0.717) is 10.9 Å². The van der Waals surface area contributed by atoms with Gasteiger partial charge in [-0.2, -0.15) is 0 Å². The van der Waals surface area contributed by atoms with Gasteiger partial charge in [0.1, 0.15) is 0 Å². The van der Waals surface area contributed by atoms with E-state index >= 15 is 0 Å². The molecule has 0 spiro atoms. The van der Waals surface area contributed by atoms with Gasteiger partial charge in [-0.25, -0.2) is 0 Å². The van der Waals surface area contributed by atoms with Crippen LogP contribution in [-0.4, -0.2) is 53.3 Å². The summed E-state index contributed by atoms with van der Waals surface area (Å²) in [6.07, 6.45) is 3.58. The predicted octanol–water partition coefficient (Wildman–Crippen LogP) is 4.76. The number of benzene rings is 2. The van der Waals surface area contributed by atoms with Gasteiger partial charge >= 0.3 is 0 Å². The molecule has 2 fully saturated rings. The van der Waals surface area contributed by atoms with Crippen LogP contribution in [0.3, 0.4) is 0 Å². The molecule has 0 atom stereocenters. The first-order chi connectivity index (χ1) is 16.0. The number of pyridine rings is 1. The van der Waals surface area contributed by atoms with Crippen molar-refractivity contribution in [1.29, 1.82) is 0 Å². The number of amides is 2. The Morgan fingerprint density at radius 1 is 1.00 bits per heavy atom. The molecule has 2 aliphatic heterocycles. The molecule has 0 unspecified atom stereocenters. The molecule has 168 valence electrons. The van der Waals surface area contributed by atoms with Gasteiger partial charge in [-0.3, -0.25) is 24.8 Å². The highest BCUT2D eigenvalue weighted by atomic mass is 32.2. The van der Waals surface area contributed by atoms with Crippen molar-refractivity contribution < 1.29 is 9.59 Å². The standard InChI is InChI=1S/C26H26N4O2S/c1-17(2)29-11-13-30(14-12-29)21-7-5-20(6-8-21)24-22-15-18(3-4-19(22)9-10-27-24)16-23-25(31)28-26(32)33-23/h3-10,15-17H,11-14H2,1-2H3,(H,28,31,32). The van der Waals surface area contributed by atoms with E-state index in [-0.39, 0.29) is 11.1 Å². The van der Waals surface area contributed by atoms with Crippen molar-refractivity contribution in [3.8, 4) is 11.3 Å². The van der Waals surface area contributed by atoms with Gasteiger partial charge < -0.3 is 4.90 Å². The van der Waals surface area contributed by atoms with Crippen LogP contribution >= 0.6 is 11.8 Å². The quantitative estimate of drug-likeness (QED) is 0.569. The lowest BCUT2D eigenvalue weighted by molar-refractivity contribution is -0.115. The highest BCUT2D eigenvalue weighted by Crippen LogP contribution is 2.31. The van der Waals surface area contributed by atoms with Gasteiger partial charge in [-0.15, -0.1) is 0 Å². The molecule has 6 nitrogen and oxygen atoms in total. The van der Waals surface area contributed by atoms with Crippen LogP contribution in [0.5, 0.6) is 0 Å². The fourth-order valence-electron chi connectivity index (χ4n) is 4.40. The third-order valence-electron chi connectivity index (χ3n) is 6.28. The number of imide groups is 1. The largest absolute Gasteiger partial charge is 0.369 e. The zero-order valence-electron chi connectivity index (χ0n) is 18.7. The summed E-state index contributed by atoms with van der Waals surface area (Å²) >= 11 is 0.929. The Kier molecular flexibility index (Phi) is 5.91. The summed E-state index contributed by atoms with van der Waals surface area (Å²) < 4.78 is 0. The number of anilines is 1. The van der Waals surface area contributed by atoms with Gasteiger partial charge in [0.05, 0.1) is 10.6 Å². The van der Waals surface area contributed by atoms with Gasteiger partial charge in [0.2, 0.25) is 0 Å². The second-order valence-electron chi connectivity index (χ2n) is 8.66. The second-order valence-corrected chi connectivity index (χ2v) is 9.67. The number of nitrogens with zero attached hydrogens (tertiary/aromatic N) is 3. The molecular formula is C26H26N4O2S. The fourth-order valence-corrected chi connectivity index (χ4v) is 5.09. The summed E-state index contributed by atoms with van der Waals surface area (Å²) in [6.45, 7) is 8.76. The third-order valence-corrected chi connectivity index (χ3v) is 7.09. The lowest BCUT2D eigenvalue weighted by Crippen LogP contribution is -2.48. The molecule has 3 heterocycles. The number of fused-ring (bicyclic) bond motifs is 1. The Bertz CT molecular complexity index is 1240. The number of thioether (sulfide) groups is 1. The Balaban J connectivity index is 1.42. The summed E-state index contributed by atoms with van der Waals surface area (Å²) in [4.78, 5) is 33.4. The zero-order valence-corrected chi connectivity index (χ0v) is 19.6. The van der Waals surface area contributed by atoms with E-state index < -0.39 is 0 Å². The number of aromatic nitrogens is 1. The maximum absolute atomic E-state index is 11.9. The van der Waals surface area contributed by atoms with Crippen molar-refractivity contribution in [3.63, 3.8) is 0 Å². The Morgan fingerprint density at radius 3 is 2.42 bits per heavy atom. The molecule has 0 bridgehead atoms. The summed E-state index contributed by atoms with van der Waals surface area (Å²) in [5.41, 5.74) is 4.06. The van der Waals surface area contributed by atoms with Crippen LogP contribution < -0.4 is 10.2 Å². The molecule has 2 saturated heterocycles. The molecule has 2 amide bonds. The lowest BCUT2D eigenvalue weighted by atomic mass is 10.0. The molecule has 1 N–H and O–H groups in total. The maximum Gasteiger partial charge on any atom is 0.290 e. The average Bonchev–Trinajstić information content (AvgIpc) is 3.15. The first-order valence-corrected chi connectivity index (χ1v) is 12.0. The number of carbonyl (C=O) groups excluding carboxylic acids is 2. The number of piperazine rings is 1. The molecule has 0 saturated carbocycles. The highest BCUT2D eigenvalue weighted by molar-refractivity contribution is 8.18. The van der Waals surface area contributed by atoms with Gasteiger partial charge in [0.15, 0.2) is 0 Å². The summed E-state index contributed by atoms with van der Waals surface area (Å²) in [6, 6.07) is 17.2. The highest BCUT2D eigenvalue weighted by Gasteiger charge is 2.25. The van der Waals surface area contributed by atoms with Crippen LogP contribution in [0.4, 0.5) is 10.5 Å². The van der Waals surface area contributed by atoms with Crippen LogP contribution in [0.2, 0.25) is 0 Å². The summed E-state index contributed by atoms with van der Waals surface area (Å²) in [5, 5.41) is 4.06. The van der Waals surface area contributed by atoms with Crippen molar-refractivity contribution in [3.05, 3.63) is 65.2 Å². The van der Waals surface area contributed by atoms with Gasteiger partial charge in [-0.05, 0) is 66.9 Å². The SMILES string of the molecule is CC(C)N1CCN(c2ccc(-c3nccc4ccc(C=C5SC(=O)NC5=O)cc34)cc2)CC1. The average molecular weight is 459 g/mol. The molecule has 2 aromatic carbocycles. The molecule has 0 aliphatic carbocycles. The van der Waals surface area contributed by atoms with Crippen molar-refractivity contribution in [1.82, 2.24) is 15.2 Å². The molecule has 5 rings (SSSR count). The van der Waals surface area contributed by atoms with E-state index in [0.717, 1.165) is 65.5 Å². The summed E-state index contributed by atoms with van der Waals surface area (Å²) in [5.74, 6) is -0.346. The van der Waals surface area contributed by atoms with Crippen LogP contribution in [0.25, 0.3) is 28.1 Å². The number of carbonyl (C=O) groups is 2. The molecule has 2 aliphatic rings. The van der Waals surface area contributed by atoms with Crippen LogP contribution in [0, 0.1) is 0 Å². The monoisotopic (exact) mass is 458 g/mol. The zero-order chi connectivity index (χ0) is 22.9. The molecule has 33 heavy (non-hydrogen) atoms. The van der Waals surface area contributed by atoms with Crippen molar-refractivity contribution in [2.24, 2.45) is 0 Å². The molecule has 3 aromatic rings. The first-order valence-electron chi connectivity index (χ1n) is 11.2. The molecule has 7 heteroatoms. The van der Waals surface area contributed by atoms with E-state index in [1.54, 1.807) is 6.08 Å². The fraction of sp³-hybridized carbons (Fsp3) is 0.269. The van der Waals surface area contributed by atoms with Crippen LogP contribution in [0.15, 0.2) is 59.6 Å². The normalized spacial score (nSPS) is 18.5. The van der Waals surface area contributed by atoms with Crippen molar-refractivity contribution in [2.45, 2.75) is 19.9 Å². The smallest absolute Gasteiger partial charge is 0.290 e. The minimum Gasteiger partial charge on any atom is -0.369 e. The molecular weight excluding hydrogens is 432 g/mol. The van der Waals surface area contributed by atoms with Crippen LogP contribution in [-0.2, 0) is 4.79 Å². The van der Waals surface area contributed by atoms with E-state index in [9.17, 15) is 9.59 Å². The number of nitrogens with one attached hydrogen (secondary N) is 1. The van der Waals surface area contributed by atoms with E-state index in [1.807, 2.05) is 30.5 Å². The summed E-state index contributed by atoms with van der Waals surface area (Å²) in [7, 11) is 0. The van der Waals surface area contributed by atoms with Crippen molar-refractivity contribution in [2.75, 3.05) is 31.1 Å². The predicted molar refractivity (Wildman–Crippen MR) is 135 cm³/mol. The first kappa shape index (κ1) is 21.7. The number of hydrogen-bond donors (Lipinski definition) is 1. The van der Waals surface area contributed by atoms with E-state index in [4.69, 9.17) is 0 Å². The Morgan fingerprint density at radius 2 is 1.76 bits per heavy atom. The maximum atomic E-state index is 11.9. The topological polar surface area (TPSA) is 65.5 Å². The van der Waals surface area contributed by atoms with E-state index in [2.05, 4.69) is 58.2 Å². The second kappa shape index (κ2) is 9.00. The Hall–Kier alpha value is -3.16. The third kappa shape index (κ3) is 4.51. The minimum atomic E-state index is -0.346. The van der Waals surface area contributed by atoms with Gasteiger partial charge in [0, 0.05) is 55.1 Å². The molecule has 0 radical (unpaired) electrons. The van der Waals surface area contributed by atoms with Crippen molar-refractivity contribution >= 4 is 45.4 Å². The van der Waals surface area contributed by atoms with Gasteiger partial charge in [0.25, 0.3) is 11.1 Å². The van der Waals surface area contributed by atoms with Crippen LogP contribution in [0.1, 0.15) is 19.4 Å².